The zero-order valence-corrected chi connectivity index (χ0v) is 14.0. The molecule has 23 heavy (non-hydrogen) atoms. The van der Waals surface area contributed by atoms with E-state index in [0.29, 0.717) is 0 Å². The molecule has 1 aromatic carbocycles. The zero-order valence-electron chi connectivity index (χ0n) is 14.0. The molecule has 0 saturated carbocycles. The molecule has 1 saturated heterocycles. The third-order valence-corrected chi connectivity index (χ3v) is 4.44. The summed E-state index contributed by atoms with van der Waals surface area (Å²) in [5.41, 5.74) is 3.91. The normalized spacial score (nSPS) is 15.7. The van der Waals surface area contributed by atoms with Crippen LogP contribution in [0.5, 0.6) is 0 Å². The van der Waals surface area contributed by atoms with Crippen LogP contribution in [0, 0.1) is 13.8 Å². The molecule has 2 aromatic rings. The van der Waals surface area contributed by atoms with Crippen LogP contribution in [0.25, 0.3) is 5.69 Å². The number of carbonyl (C=O) groups excluding carboxylic acids is 1. The van der Waals surface area contributed by atoms with E-state index in [4.69, 9.17) is 0 Å². The Morgan fingerprint density at radius 1 is 1.17 bits per heavy atom. The third kappa shape index (κ3) is 3.09. The summed E-state index contributed by atoms with van der Waals surface area (Å²) in [5.74, 6) is 0.175. The standard InChI is InChI=1S/C18H24N4O/c1-13-17(19-14(2)18(23)21-11-7-8-12-21)15(3)22(20-13)16-9-5-4-6-10-16/h4-6,9-10,14,19H,7-8,11-12H2,1-3H3/t14-/m1/s1. The molecule has 1 amide bonds. The number of nitrogens with zero attached hydrogens (tertiary/aromatic N) is 3. The number of anilines is 1. The Morgan fingerprint density at radius 2 is 1.83 bits per heavy atom. The lowest BCUT2D eigenvalue weighted by Crippen LogP contribution is -2.39. The molecule has 1 aromatic heterocycles. The van der Waals surface area contributed by atoms with Crippen LogP contribution in [0.4, 0.5) is 5.69 Å². The summed E-state index contributed by atoms with van der Waals surface area (Å²) in [6.45, 7) is 7.70. The molecule has 0 spiro atoms. The van der Waals surface area contributed by atoms with Crippen molar-refractivity contribution in [2.45, 2.75) is 39.7 Å². The molecule has 1 N–H and O–H groups in total. The van der Waals surface area contributed by atoms with Gasteiger partial charge in [0.2, 0.25) is 5.91 Å². The Morgan fingerprint density at radius 3 is 2.48 bits per heavy atom. The molecule has 1 atom stereocenters. The Bertz CT molecular complexity index is 687. The van der Waals surface area contributed by atoms with Gasteiger partial charge in [-0.05, 0) is 45.7 Å². The first-order chi connectivity index (χ1) is 11.1. The molecule has 0 bridgehead atoms. The average molecular weight is 312 g/mol. The van der Waals surface area contributed by atoms with E-state index in [1.165, 1.54) is 0 Å². The van der Waals surface area contributed by atoms with Crippen molar-refractivity contribution in [3.8, 4) is 5.69 Å². The maximum Gasteiger partial charge on any atom is 0.244 e. The quantitative estimate of drug-likeness (QED) is 0.944. The summed E-state index contributed by atoms with van der Waals surface area (Å²) in [4.78, 5) is 14.4. The summed E-state index contributed by atoms with van der Waals surface area (Å²) >= 11 is 0. The number of likely N-dealkylation sites (tertiary alicyclic amines) is 1. The van der Waals surface area contributed by atoms with Gasteiger partial charge in [-0.25, -0.2) is 4.68 Å². The number of aryl methyl sites for hydroxylation is 1. The molecular formula is C18H24N4O. The molecule has 5 heteroatoms. The first-order valence-corrected chi connectivity index (χ1v) is 8.25. The average Bonchev–Trinajstić information content (AvgIpc) is 3.19. The number of para-hydroxylation sites is 1. The predicted octanol–water partition coefficient (Wildman–Crippen LogP) is 2.91. The number of rotatable bonds is 4. The highest BCUT2D eigenvalue weighted by atomic mass is 16.2. The Kier molecular flexibility index (Phi) is 4.37. The molecule has 2 heterocycles. The van der Waals surface area contributed by atoms with Crippen LogP contribution in [0.2, 0.25) is 0 Å². The van der Waals surface area contributed by atoms with Gasteiger partial charge in [0.1, 0.15) is 6.04 Å². The van der Waals surface area contributed by atoms with Gasteiger partial charge in [-0.1, -0.05) is 18.2 Å². The van der Waals surface area contributed by atoms with Crippen molar-refractivity contribution in [2.75, 3.05) is 18.4 Å². The van der Waals surface area contributed by atoms with Gasteiger partial charge < -0.3 is 10.2 Å². The van der Waals surface area contributed by atoms with Crippen molar-refractivity contribution >= 4 is 11.6 Å². The third-order valence-electron chi connectivity index (χ3n) is 4.44. The molecule has 3 rings (SSSR count). The van der Waals surface area contributed by atoms with E-state index in [0.717, 1.165) is 48.7 Å². The summed E-state index contributed by atoms with van der Waals surface area (Å²) in [6, 6.07) is 9.81. The number of hydrogen-bond acceptors (Lipinski definition) is 3. The predicted molar refractivity (Wildman–Crippen MR) is 91.9 cm³/mol. The van der Waals surface area contributed by atoms with E-state index in [9.17, 15) is 4.79 Å². The minimum absolute atomic E-state index is 0.175. The number of nitrogens with one attached hydrogen (secondary N) is 1. The Balaban J connectivity index is 1.80. The lowest BCUT2D eigenvalue weighted by Gasteiger charge is -2.22. The molecule has 1 aliphatic rings. The highest BCUT2D eigenvalue weighted by Gasteiger charge is 2.24. The summed E-state index contributed by atoms with van der Waals surface area (Å²) < 4.78 is 1.92. The number of aromatic nitrogens is 2. The van der Waals surface area contributed by atoms with Crippen molar-refractivity contribution in [3.63, 3.8) is 0 Å². The molecule has 1 fully saturated rings. The number of hydrogen-bond donors (Lipinski definition) is 1. The van der Waals surface area contributed by atoms with Crippen LogP contribution in [0.15, 0.2) is 30.3 Å². The molecular weight excluding hydrogens is 288 g/mol. The largest absolute Gasteiger partial charge is 0.371 e. The van der Waals surface area contributed by atoms with Gasteiger partial charge in [-0.15, -0.1) is 0 Å². The van der Waals surface area contributed by atoms with Crippen LogP contribution in [-0.4, -0.2) is 39.7 Å². The lowest BCUT2D eigenvalue weighted by atomic mass is 10.2. The van der Waals surface area contributed by atoms with Crippen LogP contribution < -0.4 is 5.32 Å². The SMILES string of the molecule is Cc1nn(-c2ccccc2)c(C)c1N[C@H](C)C(=O)N1CCCC1. The van der Waals surface area contributed by atoms with Crippen molar-refractivity contribution in [1.82, 2.24) is 14.7 Å². The summed E-state index contributed by atoms with van der Waals surface area (Å²) in [7, 11) is 0. The van der Waals surface area contributed by atoms with Crippen molar-refractivity contribution in [2.24, 2.45) is 0 Å². The van der Waals surface area contributed by atoms with Crippen molar-refractivity contribution < 1.29 is 4.79 Å². The van der Waals surface area contributed by atoms with Crippen LogP contribution in [0.1, 0.15) is 31.2 Å². The highest BCUT2D eigenvalue weighted by Crippen LogP contribution is 2.24. The van der Waals surface area contributed by atoms with Crippen LogP contribution >= 0.6 is 0 Å². The topological polar surface area (TPSA) is 50.2 Å². The smallest absolute Gasteiger partial charge is 0.244 e. The Hall–Kier alpha value is -2.30. The number of carbonyl (C=O) groups is 1. The zero-order chi connectivity index (χ0) is 16.4. The van der Waals surface area contributed by atoms with E-state index in [1.807, 2.05) is 60.7 Å². The van der Waals surface area contributed by atoms with Gasteiger partial charge in [0, 0.05) is 13.1 Å². The van der Waals surface area contributed by atoms with E-state index in [2.05, 4.69) is 10.4 Å². The molecule has 0 radical (unpaired) electrons. The van der Waals surface area contributed by atoms with Gasteiger partial charge in [0.05, 0.1) is 22.8 Å². The van der Waals surface area contributed by atoms with Gasteiger partial charge in [-0.2, -0.15) is 5.10 Å². The monoisotopic (exact) mass is 312 g/mol. The van der Waals surface area contributed by atoms with E-state index in [-0.39, 0.29) is 11.9 Å². The van der Waals surface area contributed by atoms with E-state index in [1.54, 1.807) is 0 Å². The molecule has 0 aliphatic carbocycles. The molecule has 0 unspecified atom stereocenters. The van der Waals surface area contributed by atoms with Crippen molar-refractivity contribution in [3.05, 3.63) is 41.7 Å². The molecule has 5 nitrogen and oxygen atoms in total. The fourth-order valence-corrected chi connectivity index (χ4v) is 3.16. The second kappa shape index (κ2) is 6.44. The van der Waals surface area contributed by atoms with Gasteiger partial charge in [0.15, 0.2) is 0 Å². The summed E-state index contributed by atoms with van der Waals surface area (Å²) in [6.07, 6.45) is 2.23. The first-order valence-electron chi connectivity index (χ1n) is 8.25. The lowest BCUT2D eigenvalue weighted by molar-refractivity contribution is -0.130. The van der Waals surface area contributed by atoms with Gasteiger partial charge >= 0.3 is 0 Å². The second-order valence-electron chi connectivity index (χ2n) is 6.19. The van der Waals surface area contributed by atoms with Crippen molar-refractivity contribution in [1.29, 1.82) is 0 Å². The maximum atomic E-state index is 12.5. The van der Waals surface area contributed by atoms with Crippen LogP contribution in [0.3, 0.4) is 0 Å². The van der Waals surface area contributed by atoms with Crippen LogP contribution in [-0.2, 0) is 4.79 Å². The highest BCUT2D eigenvalue weighted by molar-refractivity contribution is 5.85. The molecule has 1 aliphatic heterocycles. The van der Waals surface area contributed by atoms with Gasteiger partial charge in [0.25, 0.3) is 0 Å². The minimum atomic E-state index is -0.237. The minimum Gasteiger partial charge on any atom is -0.371 e. The Labute approximate surface area is 137 Å². The first kappa shape index (κ1) is 15.6. The van der Waals surface area contributed by atoms with E-state index < -0.39 is 0 Å². The maximum absolute atomic E-state index is 12.5. The number of benzene rings is 1. The fraction of sp³-hybridized carbons (Fsp3) is 0.444. The van der Waals surface area contributed by atoms with Gasteiger partial charge in [-0.3, -0.25) is 4.79 Å². The fourth-order valence-electron chi connectivity index (χ4n) is 3.16. The summed E-state index contributed by atoms with van der Waals surface area (Å²) in [5, 5.41) is 7.99. The second-order valence-corrected chi connectivity index (χ2v) is 6.19. The van der Waals surface area contributed by atoms with E-state index >= 15 is 0 Å². The molecule has 122 valence electrons. The number of amides is 1.